The molecule has 1 aliphatic rings. The first-order chi connectivity index (χ1) is 8.03. The number of rotatable bonds is 2. The molecule has 1 amide bonds. The molecule has 2 rings (SSSR count). The average molecular weight is 255 g/mol. The van der Waals surface area contributed by atoms with Crippen LogP contribution in [0.3, 0.4) is 0 Å². The zero-order valence-electron chi connectivity index (χ0n) is 9.87. The molecule has 1 saturated heterocycles. The average Bonchev–Trinajstić information content (AvgIpc) is 2.59. The largest absolute Gasteiger partial charge is 0.376 e. The zero-order chi connectivity index (χ0) is 12.5. The van der Waals surface area contributed by atoms with Crippen molar-refractivity contribution < 1.29 is 9.53 Å². The van der Waals surface area contributed by atoms with Crippen LogP contribution < -0.4 is 5.32 Å². The smallest absolute Gasteiger partial charge is 0.254 e. The number of aromatic nitrogens is 1. The fourth-order valence-electron chi connectivity index (χ4n) is 1.88. The summed E-state index contributed by atoms with van der Waals surface area (Å²) in [5, 5.41) is 3.20. The lowest BCUT2D eigenvalue weighted by atomic mass is 9.94. The second-order valence-corrected chi connectivity index (χ2v) is 4.83. The summed E-state index contributed by atoms with van der Waals surface area (Å²) < 4.78 is 5.47. The van der Waals surface area contributed by atoms with Gasteiger partial charge in [0, 0.05) is 12.8 Å². The normalized spacial score (nSPS) is 28.1. The van der Waals surface area contributed by atoms with E-state index in [1.807, 2.05) is 13.8 Å². The van der Waals surface area contributed by atoms with Gasteiger partial charge in [-0.25, -0.2) is 4.98 Å². The van der Waals surface area contributed by atoms with Crippen LogP contribution in [0.15, 0.2) is 18.3 Å². The summed E-state index contributed by atoms with van der Waals surface area (Å²) in [6, 6.07) is 3.35. The fraction of sp³-hybridized carbons (Fsp3) is 0.500. The monoisotopic (exact) mass is 254 g/mol. The molecule has 0 spiro atoms. The van der Waals surface area contributed by atoms with Crippen LogP contribution in [0.25, 0.3) is 0 Å². The van der Waals surface area contributed by atoms with Crippen molar-refractivity contribution in [3.05, 3.63) is 29.0 Å². The third kappa shape index (κ3) is 2.42. The lowest BCUT2D eigenvalue weighted by molar-refractivity contribution is 0.0727. The molecular weight excluding hydrogens is 240 g/mol. The predicted molar refractivity (Wildman–Crippen MR) is 65.1 cm³/mol. The van der Waals surface area contributed by atoms with Gasteiger partial charge in [0.05, 0.1) is 17.2 Å². The minimum atomic E-state index is -0.337. The molecule has 1 N–H and O–H groups in total. The SMILES string of the molecule is CC1OCCC1(C)NC(=O)c1cccnc1Cl. The molecule has 5 heteroatoms. The van der Waals surface area contributed by atoms with Crippen molar-refractivity contribution in [2.24, 2.45) is 0 Å². The molecule has 17 heavy (non-hydrogen) atoms. The molecular formula is C12H15ClN2O2. The number of hydrogen-bond acceptors (Lipinski definition) is 3. The van der Waals surface area contributed by atoms with Crippen LogP contribution in [0.2, 0.25) is 5.15 Å². The summed E-state index contributed by atoms with van der Waals surface area (Å²) in [6.45, 7) is 4.60. The Hall–Kier alpha value is -1.13. The van der Waals surface area contributed by atoms with Crippen molar-refractivity contribution in [2.45, 2.75) is 31.9 Å². The highest BCUT2D eigenvalue weighted by Gasteiger charge is 2.38. The molecule has 0 saturated carbocycles. The van der Waals surface area contributed by atoms with Gasteiger partial charge < -0.3 is 10.1 Å². The zero-order valence-corrected chi connectivity index (χ0v) is 10.6. The van der Waals surface area contributed by atoms with E-state index >= 15 is 0 Å². The number of carbonyl (C=O) groups excluding carboxylic acids is 1. The van der Waals surface area contributed by atoms with Gasteiger partial charge in [0.15, 0.2) is 0 Å². The van der Waals surface area contributed by atoms with E-state index in [1.165, 1.54) is 0 Å². The number of nitrogens with zero attached hydrogens (tertiary/aromatic N) is 1. The summed E-state index contributed by atoms with van der Waals surface area (Å²) in [5.41, 5.74) is 0.0606. The molecule has 0 aliphatic carbocycles. The Kier molecular flexibility index (Phi) is 3.35. The van der Waals surface area contributed by atoms with Crippen LogP contribution in [0, 0.1) is 0 Å². The van der Waals surface area contributed by atoms with Gasteiger partial charge in [0.25, 0.3) is 5.91 Å². The molecule has 2 atom stereocenters. The van der Waals surface area contributed by atoms with Crippen molar-refractivity contribution in [1.82, 2.24) is 10.3 Å². The Balaban J connectivity index is 2.15. The van der Waals surface area contributed by atoms with E-state index in [9.17, 15) is 4.79 Å². The van der Waals surface area contributed by atoms with E-state index in [2.05, 4.69) is 10.3 Å². The van der Waals surface area contributed by atoms with Crippen LogP contribution in [0.1, 0.15) is 30.6 Å². The molecule has 1 aliphatic heterocycles. The second kappa shape index (κ2) is 4.63. The molecule has 0 aromatic carbocycles. The summed E-state index contributed by atoms with van der Waals surface area (Å²) in [7, 11) is 0. The van der Waals surface area contributed by atoms with Gasteiger partial charge in [-0.15, -0.1) is 0 Å². The van der Waals surface area contributed by atoms with Gasteiger partial charge in [-0.3, -0.25) is 4.79 Å². The number of hydrogen-bond donors (Lipinski definition) is 1. The van der Waals surface area contributed by atoms with E-state index in [4.69, 9.17) is 16.3 Å². The van der Waals surface area contributed by atoms with E-state index in [-0.39, 0.29) is 22.7 Å². The first-order valence-corrected chi connectivity index (χ1v) is 5.95. The molecule has 2 heterocycles. The molecule has 92 valence electrons. The number of carbonyl (C=O) groups is 1. The van der Waals surface area contributed by atoms with Crippen molar-refractivity contribution in [3.8, 4) is 0 Å². The highest BCUT2D eigenvalue weighted by molar-refractivity contribution is 6.32. The molecule has 0 radical (unpaired) electrons. The van der Waals surface area contributed by atoms with Crippen LogP contribution >= 0.6 is 11.6 Å². The van der Waals surface area contributed by atoms with Crippen molar-refractivity contribution in [3.63, 3.8) is 0 Å². The van der Waals surface area contributed by atoms with Gasteiger partial charge in [0.2, 0.25) is 0 Å². The molecule has 1 aromatic heterocycles. The predicted octanol–water partition coefficient (Wildman–Crippen LogP) is 2.03. The maximum Gasteiger partial charge on any atom is 0.254 e. The quantitative estimate of drug-likeness (QED) is 0.822. The molecule has 0 bridgehead atoms. The van der Waals surface area contributed by atoms with Crippen LogP contribution in [-0.4, -0.2) is 29.1 Å². The number of halogens is 1. The van der Waals surface area contributed by atoms with E-state index in [1.54, 1.807) is 18.3 Å². The minimum absolute atomic E-state index is 0.00176. The first-order valence-electron chi connectivity index (χ1n) is 5.57. The summed E-state index contributed by atoms with van der Waals surface area (Å²) >= 11 is 5.88. The number of nitrogens with one attached hydrogen (secondary N) is 1. The lowest BCUT2D eigenvalue weighted by Gasteiger charge is -2.28. The Morgan fingerprint density at radius 1 is 1.71 bits per heavy atom. The highest BCUT2D eigenvalue weighted by atomic mass is 35.5. The standard InChI is InChI=1S/C12H15ClN2O2/c1-8-12(2,5-7-17-8)15-11(16)9-4-3-6-14-10(9)13/h3-4,6,8H,5,7H2,1-2H3,(H,15,16). The Bertz CT molecular complexity index is 438. The van der Waals surface area contributed by atoms with Crippen LogP contribution in [0.4, 0.5) is 0 Å². The van der Waals surface area contributed by atoms with Gasteiger partial charge in [-0.1, -0.05) is 11.6 Å². The summed E-state index contributed by atoms with van der Waals surface area (Å²) in [6.07, 6.45) is 2.36. The number of amides is 1. The fourth-order valence-corrected chi connectivity index (χ4v) is 2.09. The van der Waals surface area contributed by atoms with Gasteiger partial charge in [0.1, 0.15) is 5.15 Å². The minimum Gasteiger partial charge on any atom is -0.376 e. The lowest BCUT2D eigenvalue weighted by Crippen LogP contribution is -2.50. The Labute approximate surface area is 105 Å². The van der Waals surface area contributed by atoms with Crippen molar-refractivity contribution in [1.29, 1.82) is 0 Å². The van der Waals surface area contributed by atoms with Crippen molar-refractivity contribution >= 4 is 17.5 Å². The van der Waals surface area contributed by atoms with Crippen LogP contribution in [-0.2, 0) is 4.74 Å². The topological polar surface area (TPSA) is 51.2 Å². The second-order valence-electron chi connectivity index (χ2n) is 4.48. The van der Waals surface area contributed by atoms with E-state index in [0.717, 1.165) is 6.42 Å². The Morgan fingerprint density at radius 2 is 2.47 bits per heavy atom. The van der Waals surface area contributed by atoms with Crippen molar-refractivity contribution in [2.75, 3.05) is 6.61 Å². The Morgan fingerprint density at radius 3 is 3.06 bits per heavy atom. The van der Waals surface area contributed by atoms with Gasteiger partial charge in [-0.2, -0.15) is 0 Å². The molecule has 1 fully saturated rings. The van der Waals surface area contributed by atoms with Gasteiger partial charge >= 0.3 is 0 Å². The number of pyridine rings is 1. The molecule has 4 nitrogen and oxygen atoms in total. The summed E-state index contributed by atoms with van der Waals surface area (Å²) in [5.74, 6) is -0.206. The van der Waals surface area contributed by atoms with E-state index < -0.39 is 0 Å². The molecule has 2 unspecified atom stereocenters. The molecule has 1 aromatic rings. The maximum atomic E-state index is 12.1. The number of ether oxygens (including phenoxy) is 1. The highest BCUT2D eigenvalue weighted by Crippen LogP contribution is 2.26. The van der Waals surface area contributed by atoms with Gasteiger partial charge in [-0.05, 0) is 32.4 Å². The third-order valence-electron chi connectivity index (χ3n) is 3.29. The van der Waals surface area contributed by atoms with E-state index in [0.29, 0.717) is 12.2 Å². The third-order valence-corrected chi connectivity index (χ3v) is 3.59. The van der Waals surface area contributed by atoms with Crippen LogP contribution in [0.5, 0.6) is 0 Å². The maximum absolute atomic E-state index is 12.1. The first kappa shape index (κ1) is 12.3. The summed E-state index contributed by atoms with van der Waals surface area (Å²) in [4.78, 5) is 16.0.